The highest BCUT2D eigenvalue weighted by Crippen LogP contribution is 2.40. The number of thioether (sulfide) groups is 1. The lowest BCUT2D eigenvalue weighted by Crippen LogP contribution is -2.71. The van der Waals surface area contributed by atoms with Crippen LogP contribution in [0.4, 0.5) is 11.1 Å². The van der Waals surface area contributed by atoms with Crippen LogP contribution < -0.4 is 20.9 Å². The topological polar surface area (TPSA) is 234 Å². The number of nitrogens with two attached hydrogens (primary N) is 1. The van der Waals surface area contributed by atoms with Gasteiger partial charge in [-0.2, -0.15) is 4.57 Å². The molecule has 3 aromatic rings. The normalized spacial score (nSPS) is 18.4. The average molecular weight is 735 g/mol. The molecular weight excluding hydrogens is 702 g/mol. The second kappa shape index (κ2) is 14.8. The number of halogens is 1. The third-order valence-electron chi connectivity index (χ3n) is 7.32. The average Bonchev–Trinajstić information content (AvgIpc) is 3.57. The number of nitrogen functional groups attached to an aromatic ring is 1. The van der Waals surface area contributed by atoms with Crippen molar-refractivity contribution in [3.8, 4) is 0 Å². The van der Waals surface area contributed by atoms with Gasteiger partial charge in [-0.1, -0.05) is 28.1 Å². The van der Waals surface area contributed by atoms with Crippen LogP contribution in [0.1, 0.15) is 12.6 Å². The molecule has 5 rings (SSSR count). The summed E-state index contributed by atoms with van der Waals surface area (Å²) in [7, 11) is 5.58. The Bertz CT molecular complexity index is 1910. The zero-order chi connectivity index (χ0) is 35.6. The number of rotatable bonds is 14. The first kappa shape index (κ1) is 35.5. The summed E-state index contributed by atoms with van der Waals surface area (Å²) in [5.74, 6) is -3.46. The highest BCUT2D eigenvalue weighted by Gasteiger charge is 2.55. The minimum Gasteiger partial charge on any atom is -0.478 e. The fourth-order valence-corrected chi connectivity index (χ4v) is 7.25. The minimum absolute atomic E-state index is 0.00902. The van der Waals surface area contributed by atoms with E-state index in [4.69, 9.17) is 27.3 Å². The molecule has 260 valence electrons. The van der Waals surface area contributed by atoms with Crippen LogP contribution in [0.25, 0.3) is 11.0 Å². The maximum atomic E-state index is 13.4. The third kappa shape index (κ3) is 7.46. The van der Waals surface area contributed by atoms with Crippen molar-refractivity contribution in [2.24, 2.45) is 10.1 Å². The summed E-state index contributed by atoms with van der Waals surface area (Å²) < 4.78 is 3.77. The summed E-state index contributed by atoms with van der Waals surface area (Å²) in [5.41, 5.74) is 6.88. The fraction of sp³-hybridized carbons (Fsp3) is 0.393. The van der Waals surface area contributed by atoms with Gasteiger partial charge >= 0.3 is 11.9 Å². The lowest BCUT2D eigenvalue weighted by atomic mass is 10.0. The van der Waals surface area contributed by atoms with Crippen molar-refractivity contribution >= 4 is 92.6 Å². The number of nitrogens with zero attached hydrogens (tertiary/aromatic N) is 8. The number of carboxylic acids is 2. The molecule has 0 aliphatic carbocycles. The molecule has 3 aromatic heterocycles. The van der Waals surface area contributed by atoms with Crippen molar-refractivity contribution in [3.63, 3.8) is 0 Å². The molecule has 0 bridgehead atoms. The summed E-state index contributed by atoms with van der Waals surface area (Å²) in [6.07, 6.45) is 3.86. The number of oxime groups is 1. The molecule has 21 heteroatoms. The van der Waals surface area contributed by atoms with Crippen LogP contribution in [0.15, 0.2) is 39.9 Å². The molecule has 2 amide bonds. The number of aliphatic carboxylic acids is 2. The second-order valence-electron chi connectivity index (χ2n) is 11.1. The summed E-state index contributed by atoms with van der Waals surface area (Å²) >= 11 is 8.32. The van der Waals surface area contributed by atoms with Gasteiger partial charge in [0.25, 0.3) is 11.8 Å². The maximum absolute atomic E-state index is 13.4. The molecule has 0 spiro atoms. The molecule has 18 nitrogen and oxygen atoms in total. The molecule has 49 heavy (non-hydrogen) atoms. The number of likely N-dealkylation sites (N-methyl/N-ethyl adjacent to an activating group) is 1. The highest BCUT2D eigenvalue weighted by atomic mass is 35.5. The molecule has 2 aliphatic heterocycles. The first-order valence-corrected chi connectivity index (χ1v) is 16.9. The lowest BCUT2D eigenvalue weighted by Gasteiger charge is -2.49. The van der Waals surface area contributed by atoms with E-state index in [1.165, 1.54) is 18.7 Å². The number of aromatic nitrogens is 4. The predicted octanol–water partition coefficient (Wildman–Crippen LogP) is 0.0893. The van der Waals surface area contributed by atoms with Gasteiger partial charge in [-0.25, -0.2) is 24.5 Å². The number of β-lactam (4-membered cyclic amide) rings is 1. The Hall–Kier alpha value is -4.79. The molecule has 0 aromatic carbocycles. The van der Waals surface area contributed by atoms with E-state index in [0.717, 1.165) is 21.8 Å². The van der Waals surface area contributed by atoms with E-state index in [0.29, 0.717) is 30.1 Å². The van der Waals surface area contributed by atoms with Gasteiger partial charge in [0.1, 0.15) is 27.1 Å². The summed E-state index contributed by atoms with van der Waals surface area (Å²) in [5, 5.41) is 28.0. The van der Waals surface area contributed by atoms with Gasteiger partial charge in [0.05, 0.1) is 11.9 Å². The summed E-state index contributed by atoms with van der Waals surface area (Å²) in [6.45, 7) is 2.69. The molecule has 5 heterocycles. The zero-order valence-corrected chi connectivity index (χ0v) is 29.0. The number of hydrogen-bond donors (Lipinski definition) is 5. The fourth-order valence-electron chi connectivity index (χ4n) is 4.98. The number of carboxylic acid groups (broad SMARTS) is 2. The number of pyridine rings is 1. The van der Waals surface area contributed by atoms with Gasteiger partial charge < -0.3 is 40.9 Å². The van der Waals surface area contributed by atoms with E-state index >= 15 is 0 Å². The zero-order valence-electron chi connectivity index (χ0n) is 26.7. The predicted molar refractivity (Wildman–Crippen MR) is 182 cm³/mol. The Kier molecular flexibility index (Phi) is 10.7. The van der Waals surface area contributed by atoms with Crippen molar-refractivity contribution in [3.05, 3.63) is 39.8 Å². The van der Waals surface area contributed by atoms with Crippen molar-refractivity contribution in [2.75, 3.05) is 39.2 Å². The number of imidazole rings is 1. The van der Waals surface area contributed by atoms with Crippen LogP contribution >= 0.6 is 34.7 Å². The largest absolute Gasteiger partial charge is 0.478 e. The van der Waals surface area contributed by atoms with Crippen molar-refractivity contribution in [1.29, 1.82) is 0 Å². The molecule has 6 N–H and O–H groups in total. The molecule has 0 saturated carbocycles. The van der Waals surface area contributed by atoms with E-state index in [-0.39, 0.29) is 33.2 Å². The van der Waals surface area contributed by atoms with Gasteiger partial charge in [0, 0.05) is 44.6 Å². The SMILES string of the molecule is CNCCn1c(N=CN(C)C)nc2c[n+](CC3=C(C(=O)O)N4C(=O)C(NC(=O)/C(=N\O[C@@H](C)C(=O)O)c5nc(N)sc5Cl)C4SC3)ccc21. The minimum atomic E-state index is -1.42. The van der Waals surface area contributed by atoms with Crippen LogP contribution in [-0.4, -0.2) is 121 Å². The molecular formula is C28H33ClN11O7S2+. The van der Waals surface area contributed by atoms with E-state index in [2.05, 4.69) is 30.7 Å². The monoisotopic (exact) mass is 734 g/mol. The molecule has 0 radical (unpaired) electrons. The Morgan fingerprint density at radius 3 is 2.71 bits per heavy atom. The van der Waals surface area contributed by atoms with E-state index in [1.54, 1.807) is 22.0 Å². The molecule has 1 saturated heterocycles. The maximum Gasteiger partial charge on any atom is 0.352 e. The number of hydrogen-bond acceptors (Lipinski definition) is 13. The van der Waals surface area contributed by atoms with E-state index < -0.39 is 47.0 Å². The molecule has 2 aliphatic rings. The summed E-state index contributed by atoms with van der Waals surface area (Å²) in [4.78, 5) is 71.6. The first-order valence-electron chi connectivity index (χ1n) is 14.6. The third-order valence-corrected chi connectivity index (χ3v) is 9.74. The Morgan fingerprint density at radius 1 is 1.33 bits per heavy atom. The smallest absolute Gasteiger partial charge is 0.352 e. The molecule has 1 fully saturated rings. The van der Waals surface area contributed by atoms with Crippen LogP contribution in [0.3, 0.4) is 0 Å². The quantitative estimate of drug-likeness (QED) is 0.0486. The van der Waals surface area contributed by atoms with Crippen molar-refractivity contribution < 1.29 is 38.8 Å². The highest BCUT2D eigenvalue weighted by molar-refractivity contribution is 8.00. The molecule has 3 atom stereocenters. The van der Waals surface area contributed by atoms with Crippen LogP contribution in [0.5, 0.6) is 0 Å². The number of anilines is 1. The van der Waals surface area contributed by atoms with Crippen LogP contribution in [0, 0.1) is 0 Å². The Balaban J connectivity index is 1.37. The summed E-state index contributed by atoms with van der Waals surface area (Å²) in [6, 6.07) is 0.756. The lowest BCUT2D eigenvalue weighted by molar-refractivity contribution is -0.687. The van der Waals surface area contributed by atoms with Crippen LogP contribution in [-0.2, 0) is 37.1 Å². The van der Waals surface area contributed by atoms with Gasteiger partial charge in [0.2, 0.25) is 12.1 Å². The van der Waals surface area contributed by atoms with Gasteiger partial charge in [-0.15, -0.1) is 11.8 Å². The first-order chi connectivity index (χ1) is 23.3. The Morgan fingerprint density at radius 2 is 2.08 bits per heavy atom. The van der Waals surface area contributed by atoms with Gasteiger partial charge in [0.15, 0.2) is 35.3 Å². The van der Waals surface area contributed by atoms with E-state index in [1.807, 2.05) is 38.0 Å². The van der Waals surface area contributed by atoms with Crippen molar-refractivity contribution in [2.45, 2.75) is 37.5 Å². The van der Waals surface area contributed by atoms with Gasteiger partial charge in [-0.3, -0.25) is 14.5 Å². The number of fused-ring (bicyclic) bond motifs is 2. The number of nitrogens with one attached hydrogen (secondary N) is 2. The second-order valence-corrected chi connectivity index (χ2v) is 13.8. The number of aliphatic imine (C=N–C) groups is 1. The van der Waals surface area contributed by atoms with E-state index in [9.17, 15) is 24.3 Å². The molecule has 2 unspecified atom stereocenters. The van der Waals surface area contributed by atoms with Gasteiger partial charge in [-0.05, 0) is 14.0 Å². The number of carbonyl (C=O) groups excluding carboxylic acids is 2. The number of amides is 2. The van der Waals surface area contributed by atoms with Crippen LogP contribution in [0.2, 0.25) is 4.34 Å². The number of carbonyl (C=O) groups is 4. The van der Waals surface area contributed by atoms with Crippen molar-refractivity contribution in [1.82, 2.24) is 35.0 Å². The number of thiazole rings is 1. The standard InChI is InChI=1S/C28H32ClN11O7S2/c1-13(25(43)44)47-36-18(17-21(29)49-27(30)35-17)22(41)34-19-23(42)40-20(26(45)46)14(11-48-24(19)40)9-38-7-5-16-15(10-38)33-28(32-12-37(3)4)39(16)8-6-31-2/h5,7,10,12-13,19,24,31H,6,8-9,11H2,1-4H3,(H4-,30,34,35,41,43,44,45,46)/p+1/b32-12?,36-18-/t13-,19?,24?/m0/s1. The Labute approximate surface area is 292 Å².